The Hall–Kier alpha value is -2.03. The van der Waals surface area contributed by atoms with Gasteiger partial charge < -0.3 is 10.5 Å². The lowest BCUT2D eigenvalue weighted by Gasteiger charge is -2.13. The van der Waals surface area contributed by atoms with Crippen LogP contribution in [0.5, 0.6) is 5.75 Å². The molecule has 0 aromatic heterocycles. The molecular formula is C16H18FNO. The van der Waals surface area contributed by atoms with Crippen molar-refractivity contribution in [1.29, 1.82) is 0 Å². The minimum Gasteiger partial charge on any atom is -0.489 e. The molecule has 0 radical (unpaired) electrons. The van der Waals surface area contributed by atoms with Crippen molar-refractivity contribution in [2.45, 2.75) is 27.4 Å². The van der Waals surface area contributed by atoms with Crippen molar-refractivity contribution < 1.29 is 9.13 Å². The summed E-state index contributed by atoms with van der Waals surface area (Å²) in [5.74, 6) is 0.546. The van der Waals surface area contributed by atoms with Crippen LogP contribution in [0.2, 0.25) is 0 Å². The molecule has 0 bridgehead atoms. The third-order valence-electron chi connectivity index (χ3n) is 3.26. The molecule has 2 nitrogen and oxygen atoms in total. The first-order chi connectivity index (χ1) is 8.97. The molecule has 2 aromatic carbocycles. The lowest BCUT2D eigenvalue weighted by Crippen LogP contribution is -2.01. The number of aryl methyl sites for hydroxylation is 3. The third kappa shape index (κ3) is 3.05. The van der Waals surface area contributed by atoms with Crippen LogP contribution in [0.1, 0.15) is 22.3 Å². The van der Waals surface area contributed by atoms with E-state index in [1.165, 1.54) is 12.1 Å². The second-order valence-electron chi connectivity index (χ2n) is 4.83. The SMILES string of the molecule is Cc1cc(OCc2cc(F)ccc2C)c(C)cc1N. The van der Waals surface area contributed by atoms with Crippen LogP contribution < -0.4 is 10.5 Å². The van der Waals surface area contributed by atoms with Gasteiger partial charge in [0.05, 0.1) is 0 Å². The number of hydrogen-bond acceptors (Lipinski definition) is 2. The van der Waals surface area contributed by atoms with Crippen molar-refractivity contribution in [3.8, 4) is 5.75 Å². The van der Waals surface area contributed by atoms with Gasteiger partial charge in [0.15, 0.2) is 0 Å². The molecule has 0 aliphatic rings. The van der Waals surface area contributed by atoms with Gasteiger partial charge in [-0.1, -0.05) is 6.07 Å². The Labute approximate surface area is 113 Å². The van der Waals surface area contributed by atoms with Crippen LogP contribution in [0.3, 0.4) is 0 Å². The highest BCUT2D eigenvalue weighted by Crippen LogP contribution is 2.25. The van der Waals surface area contributed by atoms with Gasteiger partial charge in [0, 0.05) is 5.69 Å². The van der Waals surface area contributed by atoms with E-state index >= 15 is 0 Å². The van der Waals surface area contributed by atoms with Gasteiger partial charge in [0.25, 0.3) is 0 Å². The average Bonchev–Trinajstić information content (AvgIpc) is 2.36. The minimum absolute atomic E-state index is 0.241. The van der Waals surface area contributed by atoms with Gasteiger partial charge in [-0.2, -0.15) is 0 Å². The number of benzene rings is 2. The Bertz CT molecular complexity index is 608. The number of nitrogens with two attached hydrogens (primary N) is 1. The summed E-state index contributed by atoms with van der Waals surface area (Å²) in [4.78, 5) is 0. The zero-order valence-electron chi connectivity index (χ0n) is 11.5. The predicted molar refractivity (Wildman–Crippen MR) is 75.8 cm³/mol. The van der Waals surface area contributed by atoms with Crippen molar-refractivity contribution >= 4 is 5.69 Å². The molecule has 2 rings (SSSR count). The van der Waals surface area contributed by atoms with Crippen molar-refractivity contribution in [1.82, 2.24) is 0 Å². The molecule has 100 valence electrons. The number of nitrogen functional groups attached to an aromatic ring is 1. The van der Waals surface area contributed by atoms with Crippen LogP contribution >= 0.6 is 0 Å². The first kappa shape index (κ1) is 13.4. The van der Waals surface area contributed by atoms with Gasteiger partial charge in [-0.05, 0) is 67.3 Å². The van der Waals surface area contributed by atoms with E-state index in [-0.39, 0.29) is 5.82 Å². The summed E-state index contributed by atoms with van der Waals surface area (Å²) < 4.78 is 19.0. The van der Waals surface area contributed by atoms with Crippen LogP contribution in [0.15, 0.2) is 30.3 Å². The Morgan fingerprint density at radius 3 is 2.47 bits per heavy atom. The van der Waals surface area contributed by atoms with Crippen molar-refractivity contribution in [2.24, 2.45) is 0 Å². The molecule has 2 N–H and O–H groups in total. The number of hydrogen-bond donors (Lipinski definition) is 1. The zero-order chi connectivity index (χ0) is 14.0. The van der Waals surface area contributed by atoms with E-state index in [4.69, 9.17) is 10.5 Å². The van der Waals surface area contributed by atoms with Gasteiger partial charge in [0.1, 0.15) is 18.2 Å². The highest BCUT2D eigenvalue weighted by atomic mass is 19.1. The maximum Gasteiger partial charge on any atom is 0.123 e. The summed E-state index contributed by atoms with van der Waals surface area (Å²) in [7, 11) is 0. The minimum atomic E-state index is -0.241. The smallest absolute Gasteiger partial charge is 0.123 e. The summed E-state index contributed by atoms with van der Waals surface area (Å²) in [5.41, 5.74) is 10.4. The van der Waals surface area contributed by atoms with Gasteiger partial charge in [-0.15, -0.1) is 0 Å². The first-order valence-corrected chi connectivity index (χ1v) is 6.22. The monoisotopic (exact) mass is 259 g/mol. The average molecular weight is 259 g/mol. The molecule has 0 saturated heterocycles. The van der Waals surface area contributed by atoms with Gasteiger partial charge in [-0.3, -0.25) is 0 Å². The molecular weight excluding hydrogens is 241 g/mol. The van der Waals surface area contributed by atoms with E-state index in [1.807, 2.05) is 32.9 Å². The van der Waals surface area contributed by atoms with Crippen LogP contribution in [-0.2, 0) is 6.61 Å². The number of halogens is 1. The summed E-state index contributed by atoms with van der Waals surface area (Å²) in [6, 6.07) is 8.53. The summed E-state index contributed by atoms with van der Waals surface area (Å²) in [6.45, 7) is 6.19. The molecule has 0 unspecified atom stereocenters. The Morgan fingerprint density at radius 1 is 1.00 bits per heavy atom. The Balaban J connectivity index is 2.19. The Kier molecular flexibility index (Phi) is 3.74. The predicted octanol–water partition coefficient (Wildman–Crippen LogP) is 3.91. The number of ether oxygens (including phenoxy) is 1. The molecule has 0 aliphatic carbocycles. The summed E-state index contributed by atoms with van der Waals surface area (Å²) >= 11 is 0. The fourth-order valence-corrected chi connectivity index (χ4v) is 1.92. The summed E-state index contributed by atoms with van der Waals surface area (Å²) in [5, 5.41) is 0. The highest BCUT2D eigenvalue weighted by Gasteiger charge is 2.06. The molecule has 0 fully saturated rings. The lowest BCUT2D eigenvalue weighted by molar-refractivity contribution is 0.302. The molecule has 2 aromatic rings. The van der Waals surface area contributed by atoms with Gasteiger partial charge in [-0.25, -0.2) is 4.39 Å². The summed E-state index contributed by atoms with van der Waals surface area (Å²) in [6.07, 6.45) is 0. The zero-order valence-corrected chi connectivity index (χ0v) is 11.5. The van der Waals surface area contributed by atoms with E-state index in [9.17, 15) is 4.39 Å². The van der Waals surface area contributed by atoms with Crippen molar-refractivity contribution in [3.05, 3.63) is 58.4 Å². The van der Waals surface area contributed by atoms with E-state index in [1.54, 1.807) is 6.07 Å². The van der Waals surface area contributed by atoms with Crippen molar-refractivity contribution in [2.75, 3.05) is 5.73 Å². The van der Waals surface area contributed by atoms with E-state index in [0.29, 0.717) is 6.61 Å². The highest BCUT2D eigenvalue weighted by molar-refractivity contribution is 5.53. The van der Waals surface area contributed by atoms with Gasteiger partial charge in [0.2, 0.25) is 0 Å². The molecule has 0 heterocycles. The fourth-order valence-electron chi connectivity index (χ4n) is 1.92. The molecule has 3 heteroatoms. The fraction of sp³-hybridized carbons (Fsp3) is 0.250. The third-order valence-corrected chi connectivity index (χ3v) is 3.26. The normalized spacial score (nSPS) is 10.5. The molecule has 0 atom stereocenters. The molecule has 19 heavy (non-hydrogen) atoms. The van der Waals surface area contributed by atoms with E-state index in [2.05, 4.69) is 0 Å². The van der Waals surface area contributed by atoms with Crippen molar-refractivity contribution in [3.63, 3.8) is 0 Å². The second kappa shape index (κ2) is 5.31. The number of rotatable bonds is 3. The van der Waals surface area contributed by atoms with E-state index < -0.39 is 0 Å². The Morgan fingerprint density at radius 2 is 1.74 bits per heavy atom. The molecule has 0 saturated carbocycles. The quantitative estimate of drug-likeness (QED) is 0.848. The van der Waals surface area contributed by atoms with Crippen LogP contribution in [0, 0.1) is 26.6 Å². The molecule has 0 spiro atoms. The van der Waals surface area contributed by atoms with Crippen LogP contribution in [0.4, 0.5) is 10.1 Å². The van der Waals surface area contributed by atoms with Crippen LogP contribution in [-0.4, -0.2) is 0 Å². The molecule has 0 aliphatic heterocycles. The largest absolute Gasteiger partial charge is 0.489 e. The second-order valence-corrected chi connectivity index (χ2v) is 4.83. The molecule has 0 amide bonds. The lowest BCUT2D eigenvalue weighted by atomic mass is 10.1. The van der Waals surface area contributed by atoms with Gasteiger partial charge >= 0.3 is 0 Å². The van der Waals surface area contributed by atoms with E-state index in [0.717, 1.165) is 33.7 Å². The standard InChI is InChI=1S/C16H18FNO/c1-10-4-5-14(17)8-13(10)9-19-16-7-11(2)15(18)6-12(16)3/h4-8H,9,18H2,1-3H3. The maximum absolute atomic E-state index is 13.2. The number of anilines is 1. The van der Waals surface area contributed by atoms with Crippen LogP contribution in [0.25, 0.3) is 0 Å². The maximum atomic E-state index is 13.2. The first-order valence-electron chi connectivity index (χ1n) is 6.22. The topological polar surface area (TPSA) is 35.2 Å².